The van der Waals surface area contributed by atoms with Crippen molar-refractivity contribution in [3.8, 4) is 34.2 Å². The molecule has 3 amide bonds. The van der Waals surface area contributed by atoms with Crippen LogP contribution in [0.3, 0.4) is 0 Å². The SMILES string of the molecule is CC(C)c1cc(-c2cccc3cc(-c4ccc(C(=O)NCC#Cc5ccc6cnn(C7CCC(=O)NC7=O)c6c5F)nc4)ncc23)cc2c1n(C)c(=O)n2C. The highest BCUT2D eigenvalue weighted by atomic mass is 19.1. The molecule has 5 heterocycles. The molecule has 0 radical (unpaired) electrons. The second-order valence-corrected chi connectivity index (χ2v) is 13.9. The second kappa shape index (κ2) is 13.8. The van der Waals surface area contributed by atoms with Gasteiger partial charge in [0, 0.05) is 49.2 Å². The highest BCUT2D eigenvalue weighted by molar-refractivity contribution is 6.01. The fourth-order valence-electron chi connectivity index (χ4n) is 7.24. The molecule has 7 aromatic rings. The topological polar surface area (TPSA) is 146 Å². The minimum absolute atomic E-state index is 0.0626. The van der Waals surface area contributed by atoms with E-state index < -0.39 is 23.7 Å². The summed E-state index contributed by atoms with van der Waals surface area (Å²) in [4.78, 5) is 58.8. The van der Waals surface area contributed by atoms with E-state index in [4.69, 9.17) is 4.98 Å². The van der Waals surface area contributed by atoms with Crippen LogP contribution in [0.4, 0.5) is 4.39 Å². The number of fused-ring (bicyclic) bond motifs is 3. The highest BCUT2D eigenvalue weighted by Gasteiger charge is 2.30. The Kier molecular flexibility index (Phi) is 8.81. The Morgan fingerprint density at radius 2 is 1.78 bits per heavy atom. The van der Waals surface area contributed by atoms with Gasteiger partial charge in [0.25, 0.3) is 11.8 Å². The van der Waals surface area contributed by atoms with E-state index in [2.05, 4.69) is 64.6 Å². The standard InChI is InChI=1S/C42H35FN8O4/c1-23(2)30-17-28(19-35-39(30)50(4)42(55)49(35)3)29-9-5-7-25-18-33(46-22-31(25)29)26-12-13-32(45-20-26)40(53)44-16-6-8-24-10-11-27-21-47-51(38(27)37(24)43)34-14-15-36(52)48-41(34)54/h5,7,9-13,17-23,34H,14-16H2,1-4H3,(H,44,53)(H,48,52,54). The molecule has 0 saturated carbocycles. The molecule has 1 saturated heterocycles. The van der Waals surface area contributed by atoms with Gasteiger partial charge < -0.3 is 5.32 Å². The van der Waals surface area contributed by atoms with Gasteiger partial charge in [-0.3, -0.25) is 38.8 Å². The Hall–Kier alpha value is -6.94. The Bertz CT molecular complexity index is 2860. The maximum absolute atomic E-state index is 15.6. The number of aromatic nitrogens is 6. The Morgan fingerprint density at radius 1 is 0.945 bits per heavy atom. The van der Waals surface area contributed by atoms with Gasteiger partial charge in [-0.05, 0) is 76.9 Å². The molecule has 4 aromatic heterocycles. The summed E-state index contributed by atoms with van der Waals surface area (Å²) in [5.41, 5.74) is 6.66. The summed E-state index contributed by atoms with van der Waals surface area (Å²) in [7, 11) is 3.60. The van der Waals surface area contributed by atoms with Crippen molar-refractivity contribution in [3.05, 3.63) is 112 Å². The number of amides is 3. The van der Waals surface area contributed by atoms with Gasteiger partial charge in [0.15, 0.2) is 5.82 Å². The van der Waals surface area contributed by atoms with Crippen LogP contribution < -0.4 is 16.3 Å². The first-order valence-corrected chi connectivity index (χ1v) is 17.8. The average Bonchev–Trinajstić information content (AvgIpc) is 3.71. The molecule has 0 bridgehead atoms. The van der Waals surface area contributed by atoms with Gasteiger partial charge in [0.05, 0.1) is 35.0 Å². The second-order valence-electron chi connectivity index (χ2n) is 13.9. The molecule has 3 aromatic carbocycles. The molecule has 0 spiro atoms. The van der Waals surface area contributed by atoms with Gasteiger partial charge in [0.2, 0.25) is 5.91 Å². The molecular formula is C42H35FN8O4. The molecule has 0 aliphatic carbocycles. The monoisotopic (exact) mass is 734 g/mol. The Labute approximate surface area is 314 Å². The summed E-state index contributed by atoms with van der Waals surface area (Å²) in [6, 6.07) is 18.0. The number of piperidine rings is 1. The molecule has 12 nitrogen and oxygen atoms in total. The summed E-state index contributed by atoms with van der Waals surface area (Å²) in [5.74, 6) is 3.75. The quantitative estimate of drug-likeness (QED) is 0.169. The molecule has 1 aliphatic rings. The van der Waals surface area contributed by atoms with Crippen molar-refractivity contribution in [2.45, 2.75) is 38.6 Å². The van der Waals surface area contributed by atoms with Crippen molar-refractivity contribution in [2.75, 3.05) is 6.54 Å². The predicted molar refractivity (Wildman–Crippen MR) is 207 cm³/mol. The van der Waals surface area contributed by atoms with E-state index in [1.165, 1.54) is 16.9 Å². The van der Waals surface area contributed by atoms with Crippen molar-refractivity contribution in [1.29, 1.82) is 0 Å². The number of benzene rings is 3. The Balaban J connectivity index is 0.978. The van der Waals surface area contributed by atoms with Gasteiger partial charge in [0.1, 0.15) is 17.3 Å². The van der Waals surface area contributed by atoms with E-state index in [1.807, 2.05) is 31.4 Å². The summed E-state index contributed by atoms with van der Waals surface area (Å²) < 4.78 is 20.3. The van der Waals surface area contributed by atoms with Crippen molar-refractivity contribution >= 4 is 50.4 Å². The largest absolute Gasteiger partial charge is 0.340 e. The predicted octanol–water partition coefficient (Wildman–Crippen LogP) is 5.53. The number of carbonyl (C=O) groups excluding carboxylic acids is 3. The van der Waals surface area contributed by atoms with E-state index in [0.29, 0.717) is 11.1 Å². The summed E-state index contributed by atoms with van der Waals surface area (Å²) >= 11 is 0. The number of hydrogen-bond acceptors (Lipinski definition) is 7. The number of pyridine rings is 2. The third-order valence-electron chi connectivity index (χ3n) is 10.1. The van der Waals surface area contributed by atoms with Crippen molar-refractivity contribution in [2.24, 2.45) is 14.1 Å². The van der Waals surface area contributed by atoms with Gasteiger partial charge in [-0.2, -0.15) is 5.10 Å². The van der Waals surface area contributed by atoms with Crippen LogP contribution >= 0.6 is 0 Å². The van der Waals surface area contributed by atoms with Gasteiger partial charge >= 0.3 is 5.69 Å². The maximum atomic E-state index is 15.6. The normalized spacial score (nSPS) is 14.4. The zero-order valence-electron chi connectivity index (χ0n) is 30.5. The number of nitrogens with zero attached hydrogens (tertiary/aromatic N) is 6. The van der Waals surface area contributed by atoms with Crippen molar-refractivity contribution in [3.63, 3.8) is 0 Å². The number of rotatable bonds is 6. The molecule has 1 unspecified atom stereocenters. The zero-order chi connectivity index (χ0) is 38.5. The van der Waals surface area contributed by atoms with Crippen LogP contribution in [-0.2, 0) is 23.7 Å². The highest BCUT2D eigenvalue weighted by Crippen LogP contribution is 2.35. The van der Waals surface area contributed by atoms with Crippen molar-refractivity contribution < 1.29 is 18.8 Å². The van der Waals surface area contributed by atoms with Crippen LogP contribution in [0.15, 0.2) is 84.0 Å². The molecule has 1 aliphatic heterocycles. The minimum atomic E-state index is -0.810. The molecular weight excluding hydrogens is 700 g/mol. The first-order valence-electron chi connectivity index (χ1n) is 17.8. The number of hydrogen-bond donors (Lipinski definition) is 2. The summed E-state index contributed by atoms with van der Waals surface area (Å²) in [6.45, 7) is 4.19. The number of imide groups is 1. The molecule has 2 N–H and O–H groups in total. The van der Waals surface area contributed by atoms with Crippen molar-refractivity contribution in [1.82, 2.24) is 39.5 Å². The average molecular weight is 735 g/mol. The molecule has 274 valence electrons. The smallest absolute Gasteiger partial charge is 0.328 e. The van der Waals surface area contributed by atoms with Crippen LogP contribution in [-0.4, -0.2) is 53.1 Å². The molecule has 1 fully saturated rings. The van der Waals surface area contributed by atoms with E-state index in [9.17, 15) is 19.2 Å². The number of imidazole rings is 1. The van der Waals surface area contributed by atoms with E-state index >= 15 is 4.39 Å². The third-order valence-corrected chi connectivity index (χ3v) is 10.1. The fraction of sp³-hybridized carbons (Fsp3) is 0.214. The number of carbonyl (C=O) groups is 3. The lowest BCUT2D eigenvalue weighted by Gasteiger charge is -2.21. The third kappa shape index (κ3) is 6.21. The van der Waals surface area contributed by atoms with Gasteiger partial charge in [-0.25, -0.2) is 13.9 Å². The first kappa shape index (κ1) is 35.1. The lowest BCUT2D eigenvalue weighted by Crippen LogP contribution is -2.42. The summed E-state index contributed by atoms with van der Waals surface area (Å²) in [6.07, 6.45) is 5.25. The molecule has 1 atom stereocenters. The van der Waals surface area contributed by atoms with Gasteiger partial charge in [-0.1, -0.05) is 43.9 Å². The van der Waals surface area contributed by atoms with E-state index in [1.54, 1.807) is 40.6 Å². The van der Waals surface area contributed by atoms with Crippen LogP contribution in [0, 0.1) is 17.7 Å². The lowest BCUT2D eigenvalue weighted by molar-refractivity contribution is -0.135. The number of halogens is 1. The fourth-order valence-corrected chi connectivity index (χ4v) is 7.24. The van der Waals surface area contributed by atoms with Crippen LogP contribution in [0.5, 0.6) is 0 Å². The van der Waals surface area contributed by atoms with E-state index in [-0.39, 0.29) is 53.7 Å². The van der Waals surface area contributed by atoms with E-state index in [0.717, 1.165) is 44.1 Å². The zero-order valence-corrected chi connectivity index (χ0v) is 30.5. The van der Waals surface area contributed by atoms with Crippen LogP contribution in [0.25, 0.3) is 55.1 Å². The first-order chi connectivity index (χ1) is 26.5. The summed E-state index contributed by atoms with van der Waals surface area (Å²) in [5, 5.41) is 11.6. The number of nitrogens with one attached hydrogen (secondary N) is 2. The van der Waals surface area contributed by atoms with Crippen LogP contribution in [0.2, 0.25) is 0 Å². The van der Waals surface area contributed by atoms with Gasteiger partial charge in [-0.15, -0.1) is 0 Å². The number of aryl methyl sites for hydroxylation is 2. The lowest BCUT2D eigenvalue weighted by atomic mass is 9.93. The molecule has 55 heavy (non-hydrogen) atoms. The molecule has 13 heteroatoms. The van der Waals surface area contributed by atoms with Crippen LogP contribution in [0.1, 0.15) is 60.3 Å². The molecule has 8 rings (SSSR count). The maximum Gasteiger partial charge on any atom is 0.328 e. The Morgan fingerprint density at radius 3 is 2.55 bits per heavy atom. The minimum Gasteiger partial charge on any atom is -0.340 e.